The third-order valence-corrected chi connectivity index (χ3v) is 3.85. The van der Waals surface area contributed by atoms with Gasteiger partial charge in [-0.3, -0.25) is 9.59 Å². The standard InChI is InChI=1S/C13H18BrN3O2/c1-10(18)16-4-3-5-17(7-6-16)13(19)12-8-11(14)9-15(12)2/h8-9H,3-7H2,1-2H3. The van der Waals surface area contributed by atoms with Gasteiger partial charge in [-0.1, -0.05) is 0 Å². The quantitative estimate of drug-likeness (QED) is 0.784. The predicted molar refractivity (Wildman–Crippen MR) is 75.9 cm³/mol. The van der Waals surface area contributed by atoms with Gasteiger partial charge in [-0.2, -0.15) is 0 Å². The van der Waals surface area contributed by atoms with Crippen molar-refractivity contribution in [3.8, 4) is 0 Å². The van der Waals surface area contributed by atoms with Crippen molar-refractivity contribution >= 4 is 27.7 Å². The van der Waals surface area contributed by atoms with Crippen LogP contribution in [-0.4, -0.2) is 52.4 Å². The van der Waals surface area contributed by atoms with Crippen LogP contribution in [0.3, 0.4) is 0 Å². The molecule has 1 fully saturated rings. The van der Waals surface area contributed by atoms with Crippen LogP contribution >= 0.6 is 15.9 Å². The number of carbonyl (C=O) groups is 2. The molecule has 19 heavy (non-hydrogen) atoms. The zero-order valence-corrected chi connectivity index (χ0v) is 12.8. The Kier molecular flexibility index (Phi) is 4.29. The largest absolute Gasteiger partial charge is 0.345 e. The number of amides is 2. The van der Waals surface area contributed by atoms with Crippen LogP contribution in [0.2, 0.25) is 0 Å². The minimum Gasteiger partial charge on any atom is -0.345 e. The first-order valence-electron chi connectivity index (χ1n) is 6.35. The third-order valence-electron chi connectivity index (χ3n) is 3.42. The van der Waals surface area contributed by atoms with E-state index in [1.807, 2.05) is 28.8 Å². The Morgan fingerprint density at radius 1 is 1.16 bits per heavy atom. The molecule has 1 aromatic rings. The molecule has 0 aliphatic carbocycles. The smallest absolute Gasteiger partial charge is 0.270 e. The Balaban J connectivity index is 2.08. The van der Waals surface area contributed by atoms with Gasteiger partial charge in [0.25, 0.3) is 5.91 Å². The lowest BCUT2D eigenvalue weighted by Gasteiger charge is -2.21. The average molecular weight is 328 g/mol. The van der Waals surface area contributed by atoms with E-state index in [0.29, 0.717) is 25.3 Å². The maximum absolute atomic E-state index is 12.4. The summed E-state index contributed by atoms with van der Waals surface area (Å²) in [7, 11) is 1.86. The van der Waals surface area contributed by atoms with E-state index in [1.54, 1.807) is 11.8 Å². The molecule has 0 spiro atoms. The average Bonchev–Trinajstić information content (AvgIpc) is 2.57. The van der Waals surface area contributed by atoms with E-state index in [1.165, 1.54) is 0 Å². The molecule has 0 saturated carbocycles. The summed E-state index contributed by atoms with van der Waals surface area (Å²) < 4.78 is 2.72. The number of aromatic nitrogens is 1. The first kappa shape index (κ1) is 14.1. The van der Waals surface area contributed by atoms with Crippen LogP contribution in [0.15, 0.2) is 16.7 Å². The Hall–Kier alpha value is -1.30. The van der Waals surface area contributed by atoms with Crippen LogP contribution in [0.4, 0.5) is 0 Å². The van der Waals surface area contributed by atoms with E-state index in [2.05, 4.69) is 15.9 Å². The van der Waals surface area contributed by atoms with Crippen LogP contribution < -0.4 is 0 Å². The summed E-state index contributed by atoms with van der Waals surface area (Å²) in [6, 6.07) is 1.83. The van der Waals surface area contributed by atoms with Crippen LogP contribution in [-0.2, 0) is 11.8 Å². The molecule has 1 aliphatic rings. The molecule has 2 heterocycles. The lowest BCUT2D eigenvalue weighted by atomic mass is 10.3. The summed E-state index contributed by atoms with van der Waals surface area (Å²) in [6.45, 7) is 4.22. The van der Waals surface area contributed by atoms with Gasteiger partial charge in [0.05, 0.1) is 0 Å². The zero-order chi connectivity index (χ0) is 14.0. The van der Waals surface area contributed by atoms with E-state index < -0.39 is 0 Å². The van der Waals surface area contributed by atoms with Gasteiger partial charge < -0.3 is 14.4 Å². The Morgan fingerprint density at radius 3 is 2.37 bits per heavy atom. The topological polar surface area (TPSA) is 45.6 Å². The second-order valence-electron chi connectivity index (χ2n) is 4.81. The molecule has 2 amide bonds. The van der Waals surface area contributed by atoms with Gasteiger partial charge in [-0.15, -0.1) is 0 Å². The van der Waals surface area contributed by atoms with Gasteiger partial charge in [0.15, 0.2) is 0 Å². The van der Waals surface area contributed by atoms with Crippen LogP contribution in [0.5, 0.6) is 0 Å². The van der Waals surface area contributed by atoms with Crippen molar-refractivity contribution in [2.24, 2.45) is 7.05 Å². The first-order chi connectivity index (χ1) is 8.99. The minimum absolute atomic E-state index is 0.0265. The summed E-state index contributed by atoms with van der Waals surface area (Å²) in [5, 5.41) is 0. The zero-order valence-electron chi connectivity index (χ0n) is 11.2. The van der Waals surface area contributed by atoms with Gasteiger partial charge in [0.1, 0.15) is 5.69 Å². The highest BCUT2D eigenvalue weighted by molar-refractivity contribution is 9.10. The maximum atomic E-state index is 12.4. The number of hydrogen-bond acceptors (Lipinski definition) is 2. The van der Waals surface area contributed by atoms with Crippen molar-refractivity contribution in [3.63, 3.8) is 0 Å². The second kappa shape index (κ2) is 5.77. The molecule has 0 atom stereocenters. The normalized spacial score (nSPS) is 16.4. The van der Waals surface area contributed by atoms with Crippen molar-refractivity contribution in [2.45, 2.75) is 13.3 Å². The minimum atomic E-state index is 0.0265. The molecular weight excluding hydrogens is 310 g/mol. The number of halogens is 1. The lowest BCUT2D eigenvalue weighted by molar-refractivity contribution is -0.128. The molecule has 6 heteroatoms. The summed E-state index contributed by atoms with van der Waals surface area (Å²) in [6.07, 6.45) is 2.70. The van der Waals surface area contributed by atoms with Crippen LogP contribution in [0, 0.1) is 0 Å². The number of rotatable bonds is 1. The Morgan fingerprint density at radius 2 is 1.79 bits per heavy atom. The first-order valence-corrected chi connectivity index (χ1v) is 7.15. The summed E-state index contributed by atoms with van der Waals surface area (Å²) in [5.41, 5.74) is 0.670. The highest BCUT2D eigenvalue weighted by Crippen LogP contribution is 2.16. The van der Waals surface area contributed by atoms with Gasteiger partial charge in [0, 0.05) is 50.8 Å². The van der Waals surface area contributed by atoms with E-state index in [-0.39, 0.29) is 11.8 Å². The highest BCUT2D eigenvalue weighted by Gasteiger charge is 2.23. The van der Waals surface area contributed by atoms with Gasteiger partial charge in [0.2, 0.25) is 5.91 Å². The maximum Gasteiger partial charge on any atom is 0.270 e. The highest BCUT2D eigenvalue weighted by atomic mass is 79.9. The third kappa shape index (κ3) is 3.18. The van der Waals surface area contributed by atoms with E-state index in [9.17, 15) is 9.59 Å². The van der Waals surface area contributed by atoms with Crippen LogP contribution in [0.25, 0.3) is 0 Å². The summed E-state index contributed by atoms with van der Waals surface area (Å²) in [5.74, 6) is 0.106. The molecule has 0 unspecified atom stereocenters. The number of nitrogens with zero attached hydrogens (tertiary/aromatic N) is 3. The van der Waals surface area contributed by atoms with E-state index in [0.717, 1.165) is 17.4 Å². The fraction of sp³-hybridized carbons (Fsp3) is 0.538. The van der Waals surface area contributed by atoms with Crippen molar-refractivity contribution in [3.05, 3.63) is 22.4 Å². The molecule has 1 saturated heterocycles. The molecule has 0 bridgehead atoms. The summed E-state index contributed by atoms with van der Waals surface area (Å²) in [4.78, 5) is 27.4. The number of aryl methyl sites for hydroxylation is 1. The fourth-order valence-corrected chi connectivity index (χ4v) is 2.86. The van der Waals surface area contributed by atoms with Crippen molar-refractivity contribution in [1.82, 2.24) is 14.4 Å². The number of carbonyl (C=O) groups excluding carboxylic acids is 2. The molecule has 0 aromatic carbocycles. The molecule has 104 valence electrons. The monoisotopic (exact) mass is 327 g/mol. The van der Waals surface area contributed by atoms with Crippen molar-refractivity contribution in [1.29, 1.82) is 0 Å². The fourth-order valence-electron chi connectivity index (χ4n) is 2.33. The molecular formula is C13H18BrN3O2. The van der Waals surface area contributed by atoms with Crippen molar-refractivity contribution in [2.75, 3.05) is 26.2 Å². The molecule has 1 aliphatic heterocycles. The van der Waals surface area contributed by atoms with Gasteiger partial charge in [-0.25, -0.2) is 0 Å². The molecule has 0 radical (unpaired) electrons. The molecule has 1 aromatic heterocycles. The summed E-state index contributed by atoms with van der Waals surface area (Å²) >= 11 is 3.37. The van der Waals surface area contributed by atoms with E-state index in [4.69, 9.17) is 0 Å². The lowest BCUT2D eigenvalue weighted by Crippen LogP contribution is -2.37. The SMILES string of the molecule is CC(=O)N1CCCN(C(=O)c2cc(Br)cn2C)CC1. The van der Waals surface area contributed by atoms with Crippen LogP contribution in [0.1, 0.15) is 23.8 Å². The Labute approximate surface area is 121 Å². The number of hydrogen-bond donors (Lipinski definition) is 0. The Bertz CT molecular complexity index is 498. The van der Waals surface area contributed by atoms with Gasteiger partial charge in [-0.05, 0) is 28.4 Å². The molecule has 0 N–H and O–H groups in total. The second-order valence-corrected chi connectivity index (χ2v) is 5.72. The van der Waals surface area contributed by atoms with E-state index >= 15 is 0 Å². The van der Waals surface area contributed by atoms with Crippen molar-refractivity contribution < 1.29 is 9.59 Å². The predicted octanol–water partition coefficient (Wildman–Crippen LogP) is 1.48. The molecule has 2 rings (SSSR count). The molecule has 5 nitrogen and oxygen atoms in total. The van der Waals surface area contributed by atoms with Gasteiger partial charge >= 0.3 is 0 Å².